The van der Waals surface area contributed by atoms with Crippen molar-refractivity contribution in [2.45, 2.75) is 194 Å². The number of hydrogen-bond acceptors (Lipinski definition) is 16. The fraction of sp³-hybridized carbons (Fsp3) is 0.698. The number of aldehydes is 2. The molecule has 7 atom stereocenters. The molecule has 2 saturated heterocycles. The highest BCUT2D eigenvalue weighted by Crippen LogP contribution is 2.50. The predicted octanol–water partition coefficient (Wildman–Crippen LogP) is 8.50. The van der Waals surface area contributed by atoms with E-state index in [2.05, 4.69) is 20.4 Å². The van der Waals surface area contributed by atoms with Crippen LogP contribution in [0, 0.1) is 10.8 Å². The zero-order chi connectivity index (χ0) is 51.4. The fourth-order valence-corrected chi connectivity index (χ4v) is 8.49. The number of aliphatic hydroxyl groups excluding tert-OH is 2. The highest BCUT2D eigenvalue weighted by molar-refractivity contribution is 5.83. The maximum Gasteiger partial charge on any atom is 0.330 e. The van der Waals surface area contributed by atoms with Crippen molar-refractivity contribution in [1.82, 2.24) is 0 Å². The Kier molecular flexibility index (Phi) is 31.2. The van der Waals surface area contributed by atoms with Gasteiger partial charge in [0.25, 0.3) is 0 Å². The number of carbonyl (C=O) groups is 6. The molecule has 2 aliphatic heterocycles. The Morgan fingerprint density at radius 2 is 1.09 bits per heavy atom. The van der Waals surface area contributed by atoms with Crippen molar-refractivity contribution in [3.8, 4) is 0 Å². The molecular formula is C53H86O16. The Labute approximate surface area is 412 Å². The first kappa shape index (κ1) is 64.7. The summed E-state index contributed by atoms with van der Waals surface area (Å²) < 4.78 is 46.1. The summed E-state index contributed by atoms with van der Waals surface area (Å²) >= 11 is 0. The molecule has 0 aromatic carbocycles. The van der Waals surface area contributed by atoms with Crippen molar-refractivity contribution in [3.05, 3.63) is 60.3 Å². The van der Waals surface area contributed by atoms with E-state index >= 15 is 0 Å². The van der Waals surface area contributed by atoms with Crippen LogP contribution in [0.1, 0.15) is 152 Å². The molecule has 0 saturated carbocycles. The van der Waals surface area contributed by atoms with Crippen LogP contribution < -0.4 is 0 Å². The molecule has 2 heterocycles. The minimum absolute atomic E-state index is 0. The van der Waals surface area contributed by atoms with Gasteiger partial charge in [-0.1, -0.05) is 119 Å². The highest BCUT2D eigenvalue weighted by atomic mass is 16.7. The lowest BCUT2D eigenvalue weighted by molar-refractivity contribution is -0.338. The number of methoxy groups -OCH3 is 4. The molecule has 16 heteroatoms. The summed E-state index contributed by atoms with van der Waals surface area (Å²) in [5.41, 5.74) is -0.989. The first-order valence-corrected chi connectivity index (χ1v) is 23.9. The van der Waals surface area contributed by atoms with Gasteiger partial charge in [-0.3, -0.25) is 19.2 Å². The molecule has 394 valence electrons. The van der Waals surface area contributed by atoms with Crippen molar-refractivity contribution >= 4 is 36.4 Å². The molecule has 0 aliphatic carbocycles. The van der Waals surface area contributed by atoms with Gasteiger partial charge in [0.1, 0.15) is 12.6 Å². The molecule has 0 aromatic heterocycles. The molecule has 2 fully saturated rings. The van der Waals surface area contributed by atoms with Crippen LogP contribution in [-0.4, -0.2) is 124 Å². The van der Waals surface area contributed by atoms with Gasteiger partial charge in [-0.25, -0.2) is 9.59 Å². The van der Waals surface area contributed by atoms with Gasteiger partial charge in [-0.15, -0.1) is 6.58 Å². The third-order valence-corrected chi connectivity index (χ3v) is 12.2. The number of carbonyl (C=O) groups excluding carboxylic acids is 6. The molecular weight excluding hydrogens is 893 g/mol. The minimum atomic E-state index is -1.64. The lowest BCUT2D eigenvalue weighted by atomic mass is 9.74. The van der Waals surface area contributed by atoms with E-state index in [1.807, 2.05) is 13.8 Å². The minimum Gasteiger partial charge on any atom is -0.466 e. The molecule has 0 spiro atoms. The van der Waals surface area contributed by atoms with E-state index in [1.165, 1.54) is 52.7 Å². The number of rotatable bonds is 29. The largest absolute Gasteiger partial charge is 0.466 e. The molecule has 0 radical (unpaired) electrons. The Hall–Kier alpha value is -4.32. The topological polar surface area (TPSA) is 217 Å². The average Bonchev–Trinajstić information content (AvgIpc) is 3.31. The van der Waals surface area contributed by atoms with Crippen LogP contribution in [0.5, 0.6) is 0 Å². The number of hydrogen-bond donors (Lipinski definition) is 2. The fourth-order valence-electron chi connectivity index (χ4n) is 8.49. The summed E-state index contributed by atoms with van der Waals surface area (Å²) in [6, 6.07) is 0. The molecule has 2 rings (SSSR count). The van der Waals surface area contributed by atoms with Gasteiger partial charge in [0, 0.05) is 56.5 Å². The second-order valence-corrected chi connectivity index (χ2v) is 18.2. The van der Waals surface area contributed by atoms with E-state index in [1.54, 1.807) is 32.1 Å². The Bertz CT molecular complexity index is 1710. The molecule has 0 bridgehead atoms. The van der Waals surface area contributed by atoms with E-state index in [0.29, 0.717) is 43.0 Å². The van der Waals surface area contributed by atoms with E-state index in [9.17, 15) is 39.0 Å². The Morgan fingerprint density at radius 1 is 0.696 bits per heavy atom. The Morgan fingerprint density at radius 3 is 1.43 bits per heavy atom. The molecule has 2 N–H and O–H groups in total. The number of unbranched alkanes of at least 4 members (excludes halogenated alkanes) is 8. The summed E-state index contributed by atoms with van der Waals surface area (Å²) in [5, 5.41) is 19.4. The van der Waals surface area contributed by atoms with Gasteiger partial charge in [-0.05, 0) is 55.4 Å². The number of ether oxygens (including phenoxy) is 8. The van der Waals surface area contributed by atoms with Gasteiger partial charge in [0.15, 0.2) is 12.2 Å². The maximum atomic E-state index is 12.9. The van der Waals surface area contributed by atoms with Gasteiger partial charge in [-0.2, -0.15) is 0 Å². The zero-order valence-electron chi connectivity index (χ0n) is 42.4. The lowest BCUT2D eigenvalue weighted by Crippen LogP contribution is -2.63. The Balaban J connectivity index is 0.00000132. The molecule has 0 aromatic rings. The average molecular weight is 979 g/mol. The quantitative estimate of drug-likeness (QED) is 0.0179. The zero-order valence-corrected chi connectivity index (χ0v) is 42.4. The van der Waals surface area contributed by atoms with Gasteiger partial charge >= 0.3 is 23.9 Å². The smallest absolute Gasteiger partial charge is 0.330 e. The molecule has 2 aliphatic rings. The molecule has 69 heavy (non-hydrogen) atoms. The lowest BCUT2D eigenvalue weighted by Gasteiger charge is -2.53. The molecule has 16 nitrogen and oxygen atoms in total. The van der Waals surface area contributed by atoms with Crippen molar-refractivity contribution in [1.29, 1.82) is 0 Å². The summed E-state index contributed by atoms with van der Waals surface area (Å²) in [6.07, 6.45) is 18.5. The van der Waals surface area contributed by atoms with E-state index in [4.69, 9.17) is 37.9 Å². The number of aliphatic hydroxyl groups is 2. The SMILES string of the molecule is C.C=CC[C@@H]1C/C(=C\C(=O)OC)[C@H](OC(=O)CCCCCCC)[C@](OC)(C(C)(C)/C=C/C=O)O1.CCCCCCCC(=O)O[C@H]1/C(=C/C(=O)OC)C[C@@H](CC(O)CO)O[C@@]1(OC)C(C)(C)/C=C/C=O. The summed E-state index contributed by atoms with van der Waals surface area (Å²) in [4.78, 5) is 72.2. The van der Waals surface area contributed by atoms with Crippen molar-refractivity contribution in [3.63, 3.8) is 0 Å². The first-order chi connectivity index (χ1) is 32.3. The van der Waals surface area contributed by atoms with Gasteiger partial charge in [0.2, 0.25) is 11.6 Å². The predicted molar refractivity (Wildman–Crippen MR) is 262 cm³/mol. The van der Waals surface area contributed by atoms with Crippen molar-refractivity contribution < 1.29 is 76.9 Å². The van der Waals surface area contributed by atoms with Gasteiger partial charge in [0.05, 0.1) is 39.1 Å². The van der Waals surface area contributed by atoms with E-state index in [0.717, 1.165) is 57.8 Å². The van der Waals surface area contributed by atoms with Crippen molar-refractivity contribution in [2.75, 3.05) is 35.0 Å². The monoisotopic (exact) mass is 979 g/mol. The van der Waals surface area contributed by atoms with Crippen LogP contribution in [0.2, 0.25) is 0 Å². The van der Waals surface area contributed by atoms with Crippen LogP contribution in [-0.2, 0) is 66.7 Å². The second kappa shape index (κ2) is 33.3. The van der Waals surface area contributed by atoms with Crippen LogP contribution in [0.15, 0.2) is 60.3 Å². The summed E-state index contributed by atoms with van der Waals surface area (Å²) in [5.74, 6) is -5.17. The summed E-state index contributed by atoms with van der Waals surface area (Å²) in [6.45, 7) is 14.7. The maximum absolute atomic E-state index is 12.9. The third-order valence-electron chi connectivity index (χ3n) is 12.2. The molecule has 0 amide bonds. The van der Waals surface area contributed by atoms with Crippen LogP contribution in [0.4, 0.5) is 0 Å². The number of esters is 4. The van der Waals surface area contributed by atoms with Crippen molar-refractivity contribution in [2.24, 2.45) is 10.8 Å². The van der Waals surface area contributed by atoms with Crippen LogP contribution in [0.25, 0.3) is 0 Å². The molecule has 1 unspecified atom stereocenters. The van der Waals surface area contributed by atoms with E-state index < -0.39 is 77.3 Å². The normalized spacial score (nSPS) is 24.4. The third kappa shape index (κ3) is 19.8. The van der Waals surface area contributed by atoms with Crippen LogP contribution >= 0.6 is 0 Å². The van der Waals surface area contributed by atoms with Gasteiger partial charge < -0.3 is 48.1 Å². The standard InChI is InChI=1S/C26H42O9.C26H40O7.CH4/c1-6-7-8-9-10-12-22(30)34-24-19(16-23(31)32-4)15-21(17-20(29)18-28)35-26(24,33-5)25(2,3)13-11-14-27;1-7-9-10-11-12-15-22(28)32-24-20(19-23(29)30-5)18-21(14-8-2)33-26(24,31-6)25(3,4)16-13-17-27;/h11,13-14,16,20-21,24,28-29H,6-10,12,15,17-18H2,1-5H3;8,13,16-17,19,21,24H,2,7,9-12,14-15,18H2,1,3-6H3;1H4/b13-11+,19-16+;16-13+,20-19+;/t20?,21-,24-,26+;21-,24+,26-;/m01./s1. The van der Waals surface area contributed by atoms with E-state index in [-0.39, 0.29) is 39.2 Å². The second-order valence-electron chi connectivity index (χ2n) is 18.2. The summed E-state index contributed by atoms with van der Waals surface area (Å²) in [7, 11) is 5.39. The number of allylic oxidation sites excluding steroid dienone is 2. The van der Waals surface area contributed by atoms with Crippen LogP contribution in [0.3, 0.4) is 0 Å². The first-order valence-electron chi connectivity index (χ1n) is 23.9. The highest BCUT2D eigenvalue weighted by Gasteiger charge is 2.60.